The Labute approximate surface area is 176 Å². The van der Waals surface area contributed by atoms with Crippen LogP contribution in [0.25, 0.3) is 6.08 Å². The van der Waals surface area contributed by atoms with Gasteiger partial charge in [-0.15, -0.1) is 0 Å². The fraction of sp³-hybridized carbons (Fsp3) is 0.200. The van der Waals surface area contributed by atoms with Crippen LogP contribution in [0.3, 0.4) is 0 Å². The highest BCUT2D eigenvalue weighted by Gasteiger charge is 2.30. The van der Waals surface area contributed by atoms with Crippen LogP contribution in [-0.2, 0) is 19.1 Å². The number of halogens is 2. The van der Waals surface area contributed by atoms with E-state index in [9.17, 15) is 14.4 Å². The van der Waals surface area contributed by atoms with Gasteiger partial charge in [-0.3, -0.25) is 19.8 Å². The molecule has 1 aliphatic heterocycles. The van der Waals surface area contributed by atoms with Crippen LogP contribution in [0.15, 0.2) is 17.7 Å². The van der Waals surface area contributed by atoms with Crippen molar-refractivity contribution >= 4 is 86.4 Å². The van der Waals surface area contributed by atoms with E-state index in [-0.39, 0.29) is 17.3 Å². The van der Waals surface area contributed by atoms with Crippen LogP contribution < -0.4 is 10.1 Å². The number of carbonyl (C=O) groups excluding carboxylic acids is 3. The highest BCUT2D eigenvalue weighted by Crippen LogP contribution is 2.30. The van der Waals surface area contributed by atoms with E-state index in [1.54, 1.807) is 12.1 Å². The molecule has 1 aromatic rings. The van der Waals surface area contributed by atoms with E-state index in [4.69, 9.17) is 17.0 Å². The van der Waals surface area contributed by atoms with Crippen molar-refractivity contribution < 1.29 is 23.9 Å². The van der Waals surface area contributed by atoms with Gasteiger partial charge in [-0.05, 0) is 81.2 Å². The Bertz CT molecular complexity index is 786. The summed E-state index contributed by atoms with van der Waals surface area (Å²) in [6.45, 7) is -0.202. The van der Waals surface area contributed by atoms with Gasteiger partial charge in [0.25, 0.3) is 11.8 Å². The molecule has 0 radical (unpaired) electrons. The first-order chi connectivity index (χ1) is 11.7. The van der Waals surface area contributed by atoms with E-state index >= 15 is 0 Å². The predicted molar refractivity (Wildman–Crippen MR) is 111 cm³/mol. The van der Waals surface area contributed by atoms with Crippen LogP contribution in [0.1, 0.15) is 5.56 Å². The molecule has 2 amide bonds. The van der Waals surface area contributed by atoms with E-state index in [1.165, 1.54) is 25.1 Å². The monoisotopic (exact) mass is 586 g/mol. The zero-order valence-corrected chi connectivity index (χ0v) is 18.2. The van der Waals surface area contributed by atoms with Crippen molar-refractivity contribution in [2.24, 2.45) is 0 Å². The summed E-state index contributed by atoms with van der Waals surface area (Å²) < 4.78 is 11.5. The van der Waals surface area contributed by atoms with Gasteiger partial charge in [0, 0.05) is 7.05 Å². The summed E-state index contributed by atoms with van der Waals surface area (Å²) >= 11 is 9.02. The average Bonchev–Trinajstić information content (AvgIpc) is 2.55. The number of amides is 2. The molecule has 10 heteroatoms. The Kier molecular flexibility index (Phi) is 6.73. The Morgan fingerprint density at radius 3 is 2.48 bits per heavy atom. The molecule has 2 rings (SSSR count). The van der Waals surface area contributed by atoms with Gasteiger partial charge < -0.3 is 9.47 Å². The second-order valence-corrected chi connectivity index (χ2v) is 7.57. The van der Waals surface area contributed by atoms with Crippen LogP contribution in [0.4, 0.5) is 0 Å². The Hall–Kier alpha value is -1.28. The second-order valence-electron chi connectivity index (χ2n) is 4.86. The Balaban J connectivity index is 2.32. The third-order valence-corrected chi connectivity index (χ3v) is 5.18. The lowest BCUT2D eigenvalue weighted by Crippen LogP contribution is -2.52. The molecule has 1 aliphatic rings. The molecule has 1 saturated heterocycles. The summed E-state index contributed by atoms with van der Waals surface area (Å²) in [4.78, 5) is 36.7. The van der Waals surface area contributed by atoms with E-state index in [2.05, 4.69) is 55.2 Å². The minimum absolute atomic E-state index is 0.00840. The Morgan fingerprint density at radius 1 is 1.32 bits per heavy atom. The molecule has 0 spiro atoms. The van der Waals surface area contributed by atoms with E-state index in [1.807, 2.05) is 0 Å². The molecular weight excluding hydrogens is 574 g/mol. The van der Waals surface area contributed by atoms with Crippen LogP contribution in [0, 0.1) is 7.14 Å². The SMILES string of the molecule is COC(=O)COc1c(I)cc(/C=C2\C(=O)NC(=S)N(C)C2=O)cc1I. The number of hydrogen-bond acceptors (Lipinski definition) is 6. The summed E-state index contributed by atoms with van der Waals surface area (Å²) in [5, 5.41) is 2.53. The minimum Gasteiger partial charge on any atom is -0.480 e. The molecule has 25 heavy (non-hydrogen) atoms. The number of ether oxygens (including phenoxy) is 2. The molecule has 0 saturated carbocycles. The molecule has 0 atom stereocenters. The third-order valence-electron chi connectivity index (χ3n) is 3.20. The summed E-state index contributed by atoms with van der Waals surface area (Å²) in [5.74, 6) is -0.957. The van der Waals surface area contributed by atoms with Gasteiger partial charge in [0.05, 0.1) is 14.3 Å². The fourth-order valence-electron chi connectivity index (χ4n) is 1.90. The number of carbonyl (C=O) groups is 3. The summed E-state index contributed by atoms with van der Waals surface area (Å²) in [6, 6.07) is 3.49. The zero-order valence-electron chi connectivity index (χ0n) is 13.1. The van der Waals surface area contributed by atoms with Crippen molar-refractivity contribution in [2.75, 3.05) is 20.8 Å². The lowest BCUT2D eigenvalue weighted by atomic mass is 10.1. The van der Waals surface area contributed by atoms with Gasteiger partial charge in [0.15, 0.2) is 11.7 Å². The lowest BCUT2D eigenvalue weighted by molar-refractivity contribution is -0.143. The number of nitrogens with one attached hydrogen (secondary N) is 1. The highest BCUT2D eigenvalue weighted by molar-refractivity contribution is 14.1. The number of likely N-dealkylation sites (N-methyl/N-ethyl adjacent to an activating group) is 1. The molecule has 0 aliphatic carbocycles. The molecule has 0 bridgehead atoms. The molecule has 7 nitrogen and oxygen atoms in total. The van der Waals surface area contributed by atoms with Gasteiger partial charge in [-0.2, -0.15) is 0 Å². The predicted octanol–water partition coefficient (Wildman–Crippen LogP) is 1.70. The first-order valence-electron chi connectivity index (χ1n) is 6.78. The summed E-state index contributed by atoms with van der Waals surface area (Å²) in [7, 11) is 2.78. The maximum atomic E-state index is 12.2. The quantitative estimate of drug-likeness (QED) is 0.190. The molecular formula is C15H12I2N2O5S. The number of nitrogens with zero attached hydrogens (tertiary/aromatic N) is 1. The number of thiocarbonyl (C=S) groups is 1. The van der Waals surface area contributed by atoms with Gasteiger partial charge in [0.2, 0.25) is 0 Å². The topological polar surface area (TPSA) is 84.9 Å². The maximum absolute atomic E-state index is 12.2. The number of hydrogen-bond donors (Lipinski definition) is 1. The molecule has 1 aromatic carbocycles. The van der Waals surface area contributed by atoms with Crippen molar-refractivity contribution in [3.63, 3.8) is 0 Å². The largest absolute Gasteiger partial charge is 0.480 e. The maximum Gasteiger partial charge on any atom is 0.343 e. The van der Waals surface area contributed by atoms with Gasteiger partial charge in [0.1, 0.15) is 11.3 Å². The minimum atomic E-state index is -0.538. The third kappa shape index (κ3) is 4.67. The summed E-state index contributed by atoms with van der Waals surface area (Å²) in [6.07, 6.45) is 1.49. The van der Waals surface area contributed by atoms with Crippen molar-refractivity contribution in [3.8, 4) is 5.75 Å². The van der Waals surface area contributed by atoms with Gasteiger partial charge in [-0.1, -0.05) is 0 Å². The van der Waals surface area contributed by atoms with Gasteiger partial charge >= 0.3 is 5.97 Å². The van der Waals surface area contributed by atoms with Crippen LogP contribution in [0.5, 0.6) is 5.75 Å². The Morgan fingerprint density at radius 2 is 1.92 bits per heavy atom. The summed E-state index contributed by atoms with van der Waals surface area (Å²) in [5.41, 5.74) is 0.643. The number of methoxy groups -OCH3 is 1. The van der Waals surface area contributed by atoms with Crippen LogP contribution in [0.2, 0.25) is 0 Å². The van der Waals surface area contributed by atoms with Crippen molar-refractivity contribution in [2.45, 2.75) is 0 Å². The second kappa shape index (κ2) is 8.40. The van der Waals surface area contributed by atoms with E-state index in [0.717, 1.165) is 7.14 Å². The van der Waals surface area contributed by atoms with Crippen LogP contribution >= 0.6 is 57.4 Å². The molecule has 1 N–H and O–H groups in total. The van der Waals surface area contributed by atoms with E-state index < -0.39 is 17.8 Å². The first kappa shape index (κ1) is 20.0. The molecule has 0 unspecified atom stereocenters. The molecule has 1 heterocycles. The van der Waals surface area contributed by atoms with Crippen molar-refractivity contribution in [1.29, 1.82) is 0 Å². The number of rotatable bonds is 4. The standard InChI is InChI=1S/C15H12I2N2O5S/c1-19-14(22)8(13(21)18-15(19)25)3-7-4-9(16)12(10(17)5-7)24-6-11(20)23-2/h3-5H,6H2,1-2H3,(H,18,21,25)/b8-3+. The van der Waals surface area contributed by atoms with E-state index in [0.29, 0.717) is 11.3 Å². The average molecular weight is 586 g/mol. The molecule has 0 aromatic heterocycles. The van der Waals surface area contributed by atoms with Crippen molar-refractivity contribution in [1.82, 2.24) is 10.2 Å². The highest BCUT2D eigenvalue weighted by atomic mass is 127. The molecule has 132 valence electrons. The smallest absolute Gasteiger partial charge is 0.343 e. The van der Waals surface area contributed by atoms with Crippen molar-refractivity contribution in [3.05, 3.63) is 30.4 Å². The fourth-order valence-corrected chi connectivity index (χ4v) is 4.21. The number of benzene rings is 1. The van der Waals surface area contributed by atoms with Crippen LogP contribution in [-0.4, -0.2) is 48.6 Å². The van der Waals surface area contributed by atoms with Gasteiger partial charge in [-0.25, -0.2) is 4.79 Å². The first-order valence-corrected chi connectivity index (χ1v) is 9.35. The number of esters is 1. The molecule has 1 fully saturated rings. The normalized spacial score (nSPS) is 16.1. The lowest BCUT2D eigenvalue weighted by Gasteiger charge is -2.25. The zero-order chi connectivity index (χ0) is 18.7.